The van der Waals surface area contributed by atoms with Crippen LogP contribution in [0.1, 0.15) is 240 Å². The molecule has 4 N–H and O–H groups in total. The lowest BCUT2D eigenvalue weighted by Gasteiger charge is -2.59. The third kappa shape index (κ3) is 14.5. The number of rotatable bonds is 25. The molecule has 16 atom stereocenters. The van der Waals surface area contributed by atoms with Gasteiger partial charge in [0.05, 0.1) is 53.3 Å². The molecule has 16 saturated carbocycles. The fourth-order valence-electron chi connectivity index (χ4n) is 25.3. The molecule has 22 heteroatoms. The maximum absolute atomic E-state index is 15.7. The van der Waals surface area contributed by atoms with Crippen molar-refractivity contribution in [3.8, 4) is 0 Å². The summed E-state index contributed by atoms with van der Waals surface area (Å²) in [5.41, 5.74) is -1.76. The second kappa shape index (κ2) is 29.8. The maximum atomic E-state index is 15.7. The molecule has 17 rings (SSSR count). The van der Waals surface area contributed by atoms with Crippen molar-refractivity contribution in [2.75, 3.05) is 13.2 Å². The molecule has 99 heavy (non-hydrogen) atoms. The van der Waals surface area contributed by atoms with Crippen molar-refractivity contribution in [1.29, 1.82) is 0 Å². The quantitative estimate of drug-likeness (QED) is 0.0217. The highest BCUT2D eigenvalue weighted by Crippen LogP contribution is 2.63. The number of aliphatic hydroxyl groups is 1. The van der Waals surface area contributed by atoms with Gasteiger partial charge in [0.2, 0.25) is 6.29 Å². The first-order valence-corrected chi connectivity index (χ1v) is 39.3. The summed E-state index contributed by atoms with van der Waals surface area (Å²) in [7, 11) is 0. The zero-order chi connectivity index (χ0) is 69.2. The van der Waals surface area contributed by atoms with E-state index in [-0.39, 0.29) is 62.2 Å². The van der Waals surface area contributed by atoms with Crippen LogP contribution in [-0.2, 0) is 86.3 Å². The predicted molar refractivity (Wildman–Crippen MR) is 350 cm³/mol. The highest BCUT2D eigenvalue weighted by molar-refractivity contribution is 5.84. The monoisotopic (exact) mass is 1390 g/mol. The molecule has 554 valence electrons. The molecule has 17 fully saturated rings. The molecule has 1 saturated heterocycles. The Labute approximate surface area is 583 Å². The Kier molecular flexibility index (Phi) is 21.7. The Balaban J connectivity index is 0.745. The van der Waals surface area contributed by atoms with Crippen molar-refractivity contribution in [3.63, 3.8) is 0 Å². The standard InChI is InChI=1S/C77H114O22/c1-40(93-75(2)48-24-41-21-42(26-48)27-49(75)25-41)98-99-73(85)54-14-6-5-13-47(54)36-61-62(37-63(96-87)55-15-7-9-17-57(55)69(80)81)91-74(86)66(68(97-88)56-16-8-10-18-58(56)70(82)89-38-64(78)94-76(3)50-28-43-22-44(30-50)31-51(76)29-43)67(61)92-72(84)60-20-12-11-19-59(60)71(83)90-39-65(79)95-77(4)52-32-45-23-46(34-52)35-53(77)33-45/h40-63,66-68,74,86-88H,5-39H2,1-4H3,(H,80,81)/t40?,41?,42?,43?,44?,45?,46?,47?,48?,49?,50?,51?,52?,53?,54?,55?,56?,57?,58?,59?,60?,61-,62?,63?,66-,67+,68?,74?,75?,76?,77?/m1/s1. The Morgan fingerprint density at radius 3 is 1.39 bits per heavy atom. The van der Waals surface area contributed by atoms with E-state index < -0.39 is 168 Å². The van der Waals surface area contributed by atoms with Gasteiger partial charge in [-0.1, -0.05) is 51.4 Å². The minimum atomic E-state index is -1.94. The van der Waals surface area contributed by atoms with E-state index in [2.05, 4.69) is 6.92 Å². The highest BCUT2D eigenvalue weighted by atomic mass is 17.2. The molecule has 0 aromatic rings. The summed E-state index contributed by atoms with van der Waals surface area (Å²) in [6.45, 7) is 6.69. The van der Waals surface area contributed by atoms with E-state index in [1.165, 1.54) is 19.3 Å². The zero-order valence-corrected chi connectivity index (χ0v) is 59.1. The third-order valence-corrected chi connectivity index (χ3v) is 29.9. The predicted octanol–water partition coefficient (Wildman–Crippen LogP) is 12.3. The van der Waals surface area contributed by atoms with Crippen LogP contribution in [-0.4, -0.2) is 130 Å². The van der Waals surface area contributed by atoms with Crippen LogP contribution in [0.4, 0.5) is 0 Å². The van der Waals surface area contributed by atoms with E-state index in [0.29, 0.717) is 124 Å². The number of carbonyl (C=O) groups excluding carboxylic acids is 6. The van der Waals surface area contributed by atoms with E-state index in [0.717, 1.165) is 77.0 Å². The first-order chi connectivity index (χ1) is 47.6. The summed E-state index contributed by atoms with van der Waals surface area (Å²) in [5.74, 6) is -9.19. The first-order valence-electron chi connectivity index (χ1n) is 39.3. The van der Waals surface area contributed by atoms with Crippen LogP contribution in [0.5, 0.6) is 0 Å². The number of hydrogen-bond acceptors (Lipinski definition) is 21. The van der Waals surface area contributed by atoms with Gasteiger partial charge in [-0.2, -0.15) is 4.89 Å². The van der Waals surface area contributed by atoms with Crippen molar-refractivity contribution in [2.24, 2.45) is 130 Å². The summed E-state index contributed by atoms with van der Waals surface area (Å²) in [6, 6.07) is 0. The van der Waals surface area contributed by atoms with Gasteiger partial charge in [-0.25, -0.2) is 24.2 Å². The molecule has 0 aromatic carbocycles. The molecule has 0 spiro atoms. The van der Waals surface area contributed by atoms with Crippen LogP contribution in [0.2, 0.25) is 0 Å². The summed E-state index contributed by atoms with van der Waals surface area (Å²) >= 11 is 0. The lowest BCUT2D eigenvalue weighted by Crippen LogP contribution is -2.60. The second-order valence-corrected chi connectivity index (χ2v) is 35.3. The molecular weight excluding hydrogens is 1280 g/mol. The first kappa shape index (κ1) is 71.9. The Morgan fingerprint density at radius 2 is 0.909 bits per heavy atom. The van der Waals surface area contributed by atoms with E-state index in [1.807, 2.05) is 13.8 Å². The van der Waals surface area contributed by atoms with Gasteiger partial charge >= 0.3 is 41.8 Å². The smallest absolute Gasteiger partial charge is 0.345 e. The highest BCUT2D eigenvalue weighted by Gasteiger charge is 2.62. The van der Waals surface area contributed by atoms with Crippen molar-refractivity contribution < 1.29 is 107 Å². The Morgan fingerprint density at radius 1 is 0.485 bits per heavy atom. The zero-order valence-electron chi connectivity index (χ0n) is 59.1. The number of esters is 5. The number of ether oxygens (including phenoxy) is 7. The van der Waals surface area contributed by atoms with Gasteiger partial charge in [-0.15, -0.1) is 0 Å². The van der Waals surface area contributed by atoms with Gasteiger partial charge in [-0.3, -0.25) is 34.6 Å². The molecule has 0 radical (unpaired) electrons. The number of carbonyl (C=O) groups is 7. The van der Waals surface area contributed by atoms with Gasteiger partial charge < -0.3 is 43.4 Å². The number of aliphatic hydroxyl groups excluding tert-OH is 1. The average Bonchev–Trinajstić information content (AvgIpc) is 0.732. The SMILES string of the molecule is CC(OOC(=O)C1CCCCC1C[C@@H]1C(CC(OO)C2CCCCC2C(=O)O)OC(O)[C@@H](C(OO)C2CCCCC2C(=O)OCC(=O)OC2(C)C3CC4CC(C3)CC2C4)[C@H]1OC(=O)C1CCCCC1C(=O)OCC(=O)OC1(C)C2CC3CC(C2)CC1C3)OC1(C)C2CC3CC(C2)CC1C3. The van der Waals surface area contributed by atoms with Crippen LogP contribution in [0.25, 0.3) is 0 Å². The van der Waals surface area contributed by atoms with Crippen molar-refractivity contribution in [3.05, 3.63) is 0 Å². The van der Waals surface area contributed by atoms with E-state index in [4.69, 9.17) is 52.7 Å². The largest absolute Gasteiger partial charge is 0.481 e. The summed E-state index contributed by atoms with van der Waals surface area (Å²) in [6.07, 6.45) is 15.2. The van der Waals surface area contributed by atoms with Crippen LogP contribution >= 0.6 is 0 Å². The van der Waals surface area contributed by atoms with Crippen LogP contribution in [0.15, 0.2) is 0 Å². The second-order valence-electron chi connectivity index (χ2n) is 35.3. The Bertz CT molecular complexity index is 2830. The van der Waals surface area contributed by atoms with E-state index in [9.17, 15) is 49.5 Å². The van der Waals surface area contributed by atoms with Crippen molar-refractivity contribution in [1.82, 2.24) is 0 Å². The number of aliphatic carboxylic acids is 1. The molecule has 17 aliphatic rings. The Hall–Kier alpha value is -4.03. The average molecular weight is 1390 g/mol. The van der Waals surface area contributed by atoms with Crippen LogP contribution in [0.3, 0.4) is 0 Å². The summed E-state index contributed by atoms with van der Waals surface area (Å²) in [5, 5.41) is 46.0. The summed E-state index contributed by atoms with van der Waals surface area (Å²) in [4.78, 5) is 123. The lowest BCUT2D eigenvalue weighted by atomic mass is 9.50. The fraction of sp³-hybridized carbons (Fsp3) is 0.909. The minimum absolute atomic E-state index is 0.0468. The van der Waals surface area contributed by atoms with Crippen LogP contribution < -0.4 is 0 Å². The fourth-order valence-corrected chi connectivity index (χ4v) is 25.3. The minimum Gasteiger partial charge on any atom is -0.481 e. The van der Waals surface area contributed by atoms with Crippen molar-refractivity contribution >= 4 is 41.8 Å². The number of carboxylic acids is 1. The molecule has 13 unspecified atom stereocenters. The summed E-state index contributed by atoms with van der Waals surface area (Å²) < 4.78 is 44.8. The third-order valence-electron chi connectivity index (χ3n) is 29.9. The topological polar surface area (TPSA) is 302 Å². The van der Waals surface area contributed by atoms with E-state index >= 15 is 4.79 Å². The molecule has 0 aromatic heterocycles. The molecular formula is C77H114O22. The van der Waals surface area contributed by atoms with Gasteiger partial charge in [0.25, 0.3) is 0 Å². The maximum Gasteiger partial charge on any atom is 0.345 e. The van der Waals surface area contributed by atoms with Gasteiger partial charge in [-0.05, 0) is 259 Å². The van der Waals surface area contributed by atoms with Gasteiger partial charge in [0.15, 0.2) is 19.5 Å². The molecule has 22 nitrogen and oxygen atoms in total. The van der Waals surface area contributed by atoms with E-state index in [1.54, 1.807) is 6.92 Å². The van der Waals surface area contributed by atoms with Crippen molar-refractivity contribution in [2.45, 2.75) is 293 Å². The van der Waals surface area contributed by atoms with Crippen LogP contribution in [0, 0.1) is 130 Å². The molecule has 16 aliphatic carbocycles. The normalized spacial score (nSPS) is 45.6. The number of carboxylic acid groups (broad SMARTS) is 1. The van der Waals surface area contributed by atoms with Gasteiger partial charge in [0, 0.05) is 24.2 Å². The number of hydrogen-bond donors (Lipinski definition) is 4. The van der Waals surface area contributed by atoms with Gasteiger partial charge in [0.1, 0.15) is 23.4 Å². The lowest BCUT2D eigenvalue weighted by molar-refractivity contribution is -0.381. The molecule has 0 amide bonds. The molecule has 12 bridgehead atoms. The molecule has 1 aliphatic heterocycles. The molecule has 1 heterocycles.